The van der Waals surface area contributed by atoms with E-state index in [0.717, 1.165) is 0 Å². The summed E-state index contributed by atoms with van der Waals surface area (Å²) in [4.78, 5) is 11.6. The lowest BCUT2D eigenvalue weighted by atomic mass is 10.2. The Morgan fingerprint density at radius 2 is 1.87 bits per heavy atom. The highest BCUT2D eigenvalue weighted by atomic mass is 16.6. The average Bonchev–Trinajstić information content (AvgIpc) is 2.31. The maximum atomic E-state index is 11.6. The minimum absolute atomic E-state index is 0.331. The molecule has 5 nitrogen and oxygen atoms in total. The van der Waals surface area contributed by atoms with Gasteiger partial charge in [-0.1, -0.05) is 18.2 Å². The Morgan fingerprint density at radius 3 is 2.53 bits per heavy atom. The van der Waals surface area contributed by atoms with Crippen LogP contribution in [0.2, 0.25) is 0 Å². The predicted octanol–water partition coefficient (Wildman–Crippen LogP) is -0.176. The van der Waals surface area contributed by atoms with Crippen molar-refractivity contribution in [2.45, 2.75) is 6.35 Å². The molecule has 1 fully saturated rings. The Hall–Kier alpha value is -1.43. The third kappa shape index (κ3) is 2.76. The van der Waals surface area contributed by atoms with Crippen LogP contribution in [-0.4, -0.2) is 25.7 Å². The fourth-order valence-corrected chi connectivity index (χ4v) is 1.30. The van der Waals surface area contributed by atoms with E-state index < -0.39 is 6.35 Å². The van der Waals surface area contributed by atoms with Crippen molar-refractivity contribution in [3.8, 4) is 0 Å². The van der Waals surface area contributed by atoms with Gasteiger partial charge in [-0.3, -0.25) is 16.0 Å². The van der Waals surface area contributed by atoms with Gasteiger partial charge in [0.2, 0.25) is 6.35 Å². The highest BCUT2D eigenvalue weighted by Gasteiger charge is 2.16. The summed E-state index contributed by atoms with van der Waals surface area (Å²) >= 11 is 0. The van der Waals surface area contributed by atoms with Crippen molar-refractivity contribution in [2.75, 3.05) is 13.3 Å². The van der Waals surface area contributed by atoms with Gasteiger partial charge in [-0.2, -0.15) is 0 Å². The first-order valence-corrected chi connectivity index (χ1v) is 4.80. The lowest BCUT2D eigenvalue weighted by molar-refractivity contribution is 0.00300. The third-order valence-corrected chi connectivity index (χ3v) is 2.06. The van der Waals surface area contributed by atoms with Crippen molar-refractivity contribution < 1.29 is 9.53 Å². The molecule has 1 aromatic carbocycles. The smallest absolute Gasteiger partial charge is 0.340 e. The Balaban J connectivity index is 1.91. The number of carbonyl (C=O) groups is 1. The first-order chi connectivity index (χ1) is 7.36. The van der Waals surface area contributed by atoms with Gasteiger partial charge in [0.1, 0.15) is 0 Å². The van der Waals surface area contributed by atoms with E-state index >= 15 is 0 Å². The number of carbonyl (C=O) groups excluding carboxylic acids is 1. The van der Waals surface area contributed by atoms with Crippen LogP contribution in [0.3, 0.4) is 0 Å². The molecule has 1 heterocycles. The number of rotatable bonds is 2. The maximum absolute atomic E-state index is 11.6. The van der Waals surface area contributed by atoms with Crippen molar-refractivity contribution in [2.24, 2.45) is 0 Å². The molecule has 0 atom stereocenters. The molecule has 1 aromatic rings. The molecule has 0 bridgehead atoms. The second kappa shape index (κ2) is 4.88. The lowest BCUT2D eigenvalue weighted by Crippen LogP contribution is -2.57. The zero-order valence-electron chi connectivity index (χ0n) is 8.19. The van der Waals surface area contributed by atoms with Crippen molar-refractivity contribution in [1.82, 2.24) is 16.0 Å². The molecule has 1 aliphatic heterocycles. The SMILES string of the molecule is O=C(OC1NCNCN1)c1ccccc1. The first-order valence-electron chi connectivity index (χ1n) is 4.80. The van der Waals surface area contributed by atoms with Crippen LogP contribution in [0.5, 0.6) is 0 Å². The Labute approximate surface area is 87.8 Å². The van der Waals surface area contributed by atoms with E-state index in [2.05, 4.69) is 16.0 Å². The summed E-state index contributed by atoms with van der Waals surface area (Å²) in [6.07, 6.45) is -0.418. The monoisotopic (exact) mass is 207 g/mol. The van der Waals surface area contributed by atoms with E-state index in [1.807, 2.05) is 6.07 Å². The molecule has 0 aliphatic carbocycles. The normalized spacial score (nSPS) is 17.3. The summed E-state index contributed by atoms with van der Waals surface area (Å²) in [6.45, 7) is 1.25. The zero-order valence-corrected chi connectivity index (χ0v) is 8.19. The number of hydrogen-bond donors (Lipinski definition) is 3. The Kier molecular flexibility index (Phi) is 3.29. The summed E-state index contributed by atoms with van der Waals surface area (Å²) in [5.74, 6) is -0.331. The summed E-state index contributed by atoms with van der Waals surface area (Å²) in [7, 11) is 0. The number of esters is 1. The molecule has 0 radical (unpaired) electrons. The van der Waals surface area contributed by atoms with Crippen LogP contribution >= 0.6 is 0 Å². The van der Waals surface area contributed by atoms with Crippen LogP contribution < -0.4 is 16.0 Å². The standard InChI is InChI=1S/C10H13N3O2/c14-9(8-4-2-1-3-5-8)15-10-12-6-11-7-13-10/h1-5,10-13H,6-7H2. The van der Waals surface area contributed by atoms with Gasteiger partial charge in [-0.15, -0.1) is 0 Å². The van der Waals surface area contributed by atoms with Crippen molar-refractivity contribution >= 4 is 5.97 Å². The van der Waals surface area contributed by atoms with Gasteiger partial charge in [0, 0.05) is 0 Å². The van der Waals surface area contributed by atoms with E-state index in [1.165, 1.54) is 0 Å². The molecular weight excluding hydrogens is 194 g/mol. The first kappa shape index (κ1) is 10.1. The molecule has 0 saturated carbocycles. The van der Waals surface area contributed by atoms with Gasteiger partial charge in [-0.25, -0.2) is 4.79 Å². The van der Waals surface area contributed by atoms with Crippen LogP contribution in [0.15, 0.2) is 30.3 Å². The van der Waals surface area contributed by atoms with E-state index in [0.29, 0.717) is 18.9 Å². The molecule has 15 heavy (non-hydrogen) atoms. The molecular formula is C10H13N3O2. The number of benzene rings is 1. The molecule has 2 rings (SSSR count). The fraction of sp³-hybridized carbons (Fsp3) is 0.300. The molecule has 1 saturated heterocycles. The Bertz CT molecular complexity index is 323. The van der Waals surface area contributed by atoms with Crippen LogP contribution in [0.4, 0.5) is 0 Å². The maximum Gasteiger partial charge on any atom is 0.340 e. The summed E-state index contributed by atoms with van der Waals surface area (Å²) in [6, 6.07) is 8.92. The topological polar surface area (TPSA) is 62.4 Å². The number of ether oxygens (including phenoxy) is 1. The molecule has 0 unspecified atom stereocenters. The molecule has 0 amide bonds. The van der Waals surface area contributed by atoms with Gasteiger partial charge >= 0.3 is 5.97 Å². The molecule has 0 spiro atoms. The van der Waals surface area contributed by atoms with Gasteiger partial charge < -0.3 is 4.74 Å². The van der Waals surface area contributed by atoms with Crippen molar-refractivity contribution in [1.29, 1.82) is 0 Å². The summed E-state index contributed by atoms with van der Waals surface area (Å²) < 4.78 is 5.18. The minimum Gasteiger partial charge on any atom is -0.429 e. The van der Waals surface area contributed by atoms with E-state index in [9.17, 15) is 4.79 Å². The zero-order chi connectivity index (χ0) is 10.5. The van der Waals surface area contributed by atoms with E-state index in [1.54, 1.807) is 24.3 Å². The second-order valence-corrected chi connectivity index (χ2v) is 3.16. The van der Waals surface area contributed by atoms with Gasteiger partial charge in [-0.05, 0) is 12.1 Å². The van der Waals surface area contributed by atoms with E-state index in [4.69, 9.17) is 4.74 Å². The highest BCUT2D eigenvalue weighted by molar-refractivity contribution is 5.89. The van der Waals surface area contributed by atoms with Crippen LogP contribution in [0, 0.1) is 0 Å². The van der Waals surface area contributed by atoms with Crippen molar-refractivity contribution in [3.05, 3.63) is 35.9 Å². The molecule has 1 aliphatic rings. The highest BCUT2D eigenvalue weighted by Crippen LogP contribution is 2.02. The van der Waals surface area contributed by atoms with E-state index in [-0.39, 0.29) is 5.97 Å². The summed E-state index contributed by atoms with van der Waals surface area (Å²) in [5.41, 5.74) is 0.555. The minimum atomic E-state index is -0.418. The Morgan fingerprint density at radius 1 is 1.20 bits per heavy atom. The third-order valence-electron chi connectivity index (χ3n) is 2.06. The molecule has 0 aromatic heterocycles. The van der Waals surface area contributed by atoms with Crippen LogP contribution in [0.25, 0.3) is 0 Å². The second-order valence-electron chi connectivity index (χ2n) is 3.16. The average molecular weight is 207 g/mol. The van der Waals surface area contributed by atoms with Gasteiger partial charge in [0.05, 0.1) is 18.9 Å². The summed E-state index contributed by atoms with van der Waals surface area (Å²) in [5, 5.41) is 8.92. The van der Waals surface area contributed by atoms with Gasteiger partial charge in [0.25, 0.3) is 0 Å². The van der Waals surface area contributed by atoms with Crippen LogP contribution in [-0.2, 0) is 4.74 Å². The van der Waals surface area contributed by atoms with Gasteiger partial charge in [0.15, 0.2) is 0 Å². The molecule has 3 N–H and O–H groups in total. The largest absolute Gasteiger partial charge is 0.429 e. The lowest BCUT2D eigenvalue weighted by Gasteiger charge is -2.25. The number of nitrogens with one attached hydrogen (secondary N) is 3. The van der Waals surface area contributed by atoms with Crippen LogP contribution in [0.1, 0.15) is 10.4 Å². The van der Waals surface area contributed by atoms with Crippen molar-refractivity contribution in [3.63, 3.8) is 0 Å². The predicted molar refractivity (Wildman–Crippen MR) is 54.8 cm³/mol. The molecule has 5 heteroatoms. The molecule has 80 valence electrons. The fourth-order valence-electron chi connectivity index (χ4n) is 1.30. The number of hydrogen-bond acceptors (Lipinski definition) is 5. The quantitative estimate of drug-likeness (QED) is 0.587.